The molecule has 0 fully saturated rings. The first-order chi connectivity index (χ1) is 30.8. The summed E-state index contributed by atoms with van der Waals surface area (Å²) in [6.45, 7) is 0. The van der Waals surface area contributed by atoms with E-state index in [1.165, 1.54) is 17.4 Å². The highest BCUT2D eigenvalue weighted by Gasteiger charge is 2.24. The molecule has 0 saturated carbocycles. The van der Waals surface area contributed by atoms with Crippen LogP contribution in [-0.4, -0.2) is 24.1 Å². The summed E-state index contributed by atoms with van der Waals surface area (Å²) in [6.07, 6.45) is 0. The molecule has 8 aromatic carbocycles. The third-order valence-electron chi connectivity index (χ3n) is 10.8. The summed E-state index contributed by atoms with van der Waals surface area (Å²) in [4.78, 5) is 15.8. The minimum atomic E-state index is -0.308. The number of aromatic nitrogens is 5. The fraction of sp³-hybridized carbons (Fsp3) is 0. The SMILES string of the molecule is [2H]c1cc([2H])c2sc3c(-c4cccc(-c5nc(-c6ccccc6)nc(-n6c7ccccc7c7ccccc76)n5)c4-n4c5ccccc5c5ccccc54)c([2H])c([2H])c([2H])c3c2c1[2H]. The molecule has 0 aliphatic carbocycles. The van der Waals surface area contributed by atoms with Gasteiger partial charge in [0.05, 0.1) is 36.0 Å². The molecule has 0 amide bonds. The van der Waals surface area contributed by atoms with E-state index >= 15 is 0 Å². The standard InChI is InChI=1S/C51H31N5S/c1-2-16-32(17-3-1)49-52-50(54-51(53-49)56-44-29-11-6-20-35(44)36-21-7-12-30-45(36)56)41-26-14-23-38(40-25-15-24-39-37-22-8-13-31-46(37)57-48(39)40)47(41)55-42-27-9-4-18-33(42)34-19-5-10-28-43(34)55/h1-31H/i8D,15D,22D,24D,25D,31D. The van der Waals surface area contributed by atoms with Crippen LogP contribution in [0.1, 0.15) is 8.22 Å². The largest absolute Gasteiger partial charge is 0.308 e. The third-order valence-corrected chi connectivity index (χ3v) is 11.9. The van der Waals surface area contributed by atoms with E-state index in [9.17, 15) is 4.11 Å². The van der Waals surface area contributed by atoms with E-state index in [4.69, 9.17) is 19.1 Å². The predicted molar refractivity (Wildman–Crippen MR) is 238 cm³/mol. The Morgan fingerprint density at radius 1 is 0.404 bits per heavy atom. The van der Waals surface area contributed by atoms with Crippen LogP contribution in [0.15, 0.2) is 188 Å². The summed E-state index contributed by atoms with van der Waals surface area (Å²) < 4.78 is 59.6. The van der Waals surface area contributed by atoms with Gasteiger partial charge in [0.1, 0.15) is 0 Å². The fourth-order valence-corrected chi connectivity index (χ4v) is 9.42. The van der Waals surface area contributed by atoms with Gasteiger partial charge in [0.2, 0.25) is 5.95 Å². The van der Waals surface area contributed by atoms with Crippen molar-refractivity contribution < 1.29 is 8.22 Å². The van der Waals surface area contributed by atoms with Crippen molar-refractivity contribution in [2.24, 2.45) is 0 Å². The Hall–Kier alpha value is -7.41. The molecule has 12 aromatic rings. The highest BCUT2D eigenvalue weighted by Crippen LogP contribution is 2.46. The lowest BCUT2D eigenvalue weighted by molar-refractivity contribution is 0.952. The lowest BCUT2D eigenvalue weighted by Gasteiger charge is -2.19. The number of nitrogens with zero attached hydrogens (tertiary/aromatic N) is 5. The molecule has 0 N–H and O–H groups in total. The minimum absolute atomic E-state index is 0.0585. The topological polar surface area (TPSA) is 48.5 Å². The van der Waals surface area contributed by atoms with Crippen molar-refractivity contribution in [3.05, 3.63) is 188 Å². The van der Waals surface area contributed by atoms with Gasteiger partial charge in [0.25, 0.3) is 0 Å². The molecule has 0 unspecified atom stereocenters. The van der Waals surface area contributed by atoms with E-state index in [1.54, 1.807) is 0 Å². The Labute approximate surface area is 339 Å². The molecule has 12 rings (SSSR count). The lowest BCUT2D eigenvalue weighted by Crippen LogP contribution is -2.08. The quantitative estimate of drug-likeness (QED) is 0.176. The molecule has 0 spiro atoms. The number of benzene rings is 8. The maximum atomic E-state index is 9.65. The van der Waals surface area contributed by atoms with Crippen molar-refractivity contribution in [1.82, 2.24) is 24.1 Å². The molecule has 0 aliphatic rings. The van der Waals surface area contributed by atoms with E-state index < -0.39 is 0 Å². The fourth-order valence-electron chi connectivity index (χ4n) is 8.33. The summed E-state index contributed by atoms with van der Waals surface area (Å²) in [5.74, 6) is 1.27. The molecule has 5 nitrogen and oxygen atoms in total. The van der Waals surface area contributed by atoms with Crippen LogP contribution in [0.25, 0.3) is 109 Å². The second-order valence-electron chi connectivity index (χ2n) is 13.9. The third kappa shape index (κ3) is 4.84. The molecular formula is C51H31N5S. The first kappa shape index (κ1) is 26.4. The van der Waals surface area contributed by atoms with Gasteiger partial charge in [0, 0.05) is 64.0 Å². The van der Waals surface area contributed by atoms with Crippen molar-refractivity contribution in [3.8, 4) is 45.5 Å². The normalized spacial score (nSPS) is 13.3. The van der Waals surface area contributed by atoms with Crippen molar-refractivity contribution >= 4 is 75.1 Å². The smallest absolute Gasteiger partial charge is 0.238 e. The number of para-hydroxylation sites is 5. The lowest BCUT2D eigenvalue weighted by atomic mass is 9.97. The van der Waals surface area contributed by atoms with Gasteiger partial charge in [-0.15, -0.1) is 11.3 Å². The Morgan fingerprint density at radius 2 is 0.965 bits per heavy atom. The van der Waals surface area contributed by atoms with Crippen molar-refractivity contribution in [3.63, 3.8) is 0 Å². The molecule has 6 heteroatoms. The zero-order valence-electron chi connectivity index (χ0n) is 36.1. The summed E-state index contributed by atoms with van der Waals surface area (Å²) >= 11 is 1.22. The maximum Gasteiger partial charge on any atom is 0.238 e. The predicted octanol–water partition coefficient (Wildman–Crippen LogP) is 13.4. The van der Waals surface area contributed by atoms with Gasteiger partial charge in [-0.05, 0) is 36.4 Å². The number of fused-ring (bicyclic) bond motifs is 9. The van der Waals surface area contributed by atoms with Gasteiger partial charge >= 0.3 is 0 Å². The molecule has 0 bridgehead atoms. The number of rotatable bonds is 5. The summed E-state index contributed by atoms with van der Waals surface area (Å²) in [6, 6.07) is 48.9. The van der Waals surface area contributed by atoms with Crippen LogP contribution in [0.4, 0.5) is 0 Å². The molecule has 0 atom stereocenters. The second kappa shape index (κ2) is 12.6. The van der Waals surface area contributed by atoms with Crippen molar-refractivity contribution in [2.45, 2.75) is 0 Å². The Bertz CT molecular complexity index is 3790. The monoisotopic (exact) mass is 751 g/mol. The van der Waals surface area contributed by atoms with Crippen LogP contribution >= 0.6 is 11.3 Å². The van der Waals surface area contributed by atoms with Crippen molar-refractivity contribution in [2.75, 3.05) is 0 Å². The van der Waals surface area contributed by atoms with Gasteiger partial charge in [-0.1, -0.05) is 152 Å². The summed E-state index contributed by atoms with van der Waals surface area (Å²) in [5.41, 5.74) is 6.72. The molecule has 4 aromatic heterocycles. The van der Waals surface area contributed by atoms with E-state index in [2.05, 4.69) is 57.7 Å². The molecule has 0 radical (unpaired) electrons. The van der Waals surface area contributed by atoms with Crippen LogP contribution in [0, 0.1) is 0 Å². The van der Waals surface area contributed by atoms with E-state index in [0.29, 0.717) is 49.4 Å². The van der Waals surface area contributed by atoms with Gasteiger partial charge < -0.3 is 4.57 Å². The summed E-state index contributed by atoms with van der Waals surface area (Å²) in [7, 11) is 0. The highest BCUT2D eigenvalue weighted by molar-refractivity contribution is 7.26. The van der Waals surface area contributed by atoms with Crippen LogP contribution < -0.4 is 0 Å². The first-order valence-corrected chi connectivity index (χ1v) is 19.4. The Kier molecular flexibility index (Phi) is 5.82. The molecular weight excluding hydrogens is 715 g/mol. The van der Waals surface area contributed by atoms with Crippen LogP contribution in [0.3, 0.4) is 0 Å². The maximum absolute atomic E-state index is 9.65. The minimum Gasteiger partial charge on any atom is -0.308 e. The summed E-state index contributed by atoms with van der Waals surface area (Å²) in [5, 5.41) is 4.73. The molecule has 4 heterocycles. The Balaban J connectivity index is 1.26. The van der Waals surface area contributed by atoms with Crippen LogP contribution in [0.2, 0.25) is 0 Å². The van der Waals surface area contributed by atoms with Gasteiger partial charge in [0.15, 0.2) is 11.6 Å². The van der Waals surface area contributed by atoms with Crippen molar-refractivity contribution in [1.29, 1.82) is 0 Å². The molecule has 266 valence electrons. The Morgan fingerprint density at radius 3 is 1.63 bits per heavy atom. The van der Waals surface area contributed by atoms with Gasteiger partial charge in [-0.25, -0.2) is 4.98 Å². The van der Waals surface area contributed by atoms with Crippen LogP contribution in [-0.2, 0) is 0 Å². The first-order valence-electron chi connectivity index (χ1n) is 21.6. The second-order valence-corrected chi connectivity index (χ2v) is 14.9. The van der Waals surface area contributed by atoms with Gasteiger partial charge in [-0.2, -0.15) is 9.97 Å². The van der Waals surface area contributed by atoms with E-state index in [1.807, 2.05) is 97.1 Å². The van der Waals surface area contributed by atoms with E-state index in [-0.39, 0.29) is 47.0 Å². The molecule has 0 aliphatic heterocycles. The average molecular weight is 752 g/mol. The number of thiophene rings is 1. The zero-order valence-corrected chi connectivity index (χ0v) is 30.9. The van der Waals surface area contributed by atoms with Gasteiger partial charge in [-0.3, -0.25) is 4.57 Å². The average Bonchev–Trinajstić information content (AvgIpc) is 3.99. The molecule has 57 heavy (non-hydrogen) atoms. The number of hydrogen-bond acceptors (Lipinski definition) is 4. The zero-order chi connectivity index (χ0) is 42.7. The highest BCUT2D eigenvalue weighted by atomic mass is 32.1. The molecule has 0 saturated heterocycles. The number of hydrogen-bond donors (Lipinski definition) is 0. The van der Waals surface area contributed by atoms with Crippen LogP contribution in [0.5, 0.6) is 0 Å². The van der Waals surface area contributed by atoms with E-state index in [0.717, 1.165) is 49.2 Å².